The Morgan fingerprint density at radius 1 is 1.06 bits per heavy atom. The summed E-state index contributed by atoms with van der Waals surface area (Å²) in [5, 5.41) is 3.32. The molecule has 0 aromatic rings. The molecule has 1 aliphatic rings. The molecule has 0 amide bonds. The van der Waals surface area contributed by atoms with Crippen molar-refractivity contribution in [2.75, 3.05) is 44.2 Å². The van der Waals surface area contributed by atoms with E-state index in [1.54, 1.807) is 0 Å². The summed E-state index contributed by atoms with van der Waals surface area (Å²) in [7, 11) is -2.71. The van der Waals surface area contributed by atoms with Crippen molar-refractivity contribution in [1.82, 2.24) is 10.2 Å². The van der Waals surface area contributed by atoms with Crippen molar-refractivity contribution < 1.29 is 8.42 Å². The van der Waals surface area contributed by atoms with Gasteiger partial charge in [0.15, 0.2) is 9.84 Å². The molecule has 17 heavy (non-hydrogen) atoms. The van der Waals surface area contributed by atoms with Crippen LogP contribution in [0.1, 0.15) is 32.6 Å². The fourth-order valence-corrected chi connectivity index (χ4v) is 3.37. The van der Waals surface area contributed by atoms with Gasteiger partial charge in [-0.2, -0.15) is 0 Å². The van der Waals surface area contributed by atoms with Crippen LogP contribution in [0.3, 0.4) is 0 Å². The van der Waals surface area contributed by atoms with Gasteiger partial charge in [0, 0.05) is 13.1 Å². The minimum Gasteiger partial charge on any atom is -0.317 e. The van der Waals surface area contributed by atoms with Crippen molar-refractivity contribution in [3.8, 4) is 0 Å². The van der Waals surface area contributed by atoms with Crippen LogP contribution in [-0.2, 0) is 9.84 Å². The van der Waals surface area contributed by atoms with Crippen LogP contribution in [0.5, 0.6) is 0 Å². The largest absolute Gasteiger partial charge is 0.317 e. The summed E-state index contributed by atoms with van der Waals surface area (Å²) in [6, 6.07) is 0. The first kappa shape index (κ1) is 14.9. The van der Waals surface area contributed by atoms with E-state index in [4.69, 9.17) is 0 Å². The Morgan fingerprint density at radius 3 is 2.35 bits per heavy atom. The molecule has 1 saturated heterocycles. The molecular formula is C12H26N2O2S. The van der Waals surface area contributed by atoms with Crippen LogP contribution in [-0.4, -0.2) is 57.5 Å². The summed E-state index contributed by atoms with van der Waals surface area (Å²) in [4.78, 5) is 2.28. The van der Waals surface area contributed by atoms with E-state index in [0.29, 0.717) is 11.5 Å². The normalized spacial score (nSPS) is 20.5. The number of sulfone groups is 1. The predicted molar refractivity (Wildman–Crippen MR) is 72.1 cm³/mol. The topological polar surface area (TPSA) is 49.4 Å². The highest BCUT2D eigenvalue weighted by Crippen LogP contribution is 2.06. The average molecular weight is 262 g/mol. The zero-order valence-electron chi connectivity index (χ0n) is 11.0. The first-order chi connectivity index (χ1) is 8.14. The van der Waals surface area contributed by atoms with E-state index in [9.17, 15) is 8.42 Å². The highest BCUT2D eigenvalue weighted by molar-refractivity contribution is 7.91. The van der Waals surface area contributed by atoms with Crippen LogP contribution in [0.2, 0.25) is 0 Å². The fourth-order valence-electron chi connectivity index (χ4n) is 2.09. The van der Waals surface area contributed by atoms with Crippen molar-refractivity contribution >= 4 is 9.84 Å². The van der Waals surface area contributed by atoms with E-state index in [0.717, 1.165) is 32.7 Å². The van der Waals surface area contributed by atoms with Crippen LogP contribution in [0.25, 0.3) is 0 Å². The third-order valence-electron chi connectivity index (χ3n) is 3.26. The summed E-state index contributed by atoms with van der Waals surface area (Å²) in [6.45, 7) is 6.85. The summed E-state index contributed by atoms with van der Waals surface area (Å²) in [5.41, 5.74) is 0. The van der Waals surface area contributed by atoms with Crippen LogP contribution in [0.15, 0.2) is 0 Å². The molecule has 4 nitrogen and oxygen atoms in total. The highest BCUT2D eigenvalue weighted by Gasteiger charge is 2.20. The van der Waals surface area contributed by atoms with Gasteiger partial charge in [-0.3, -0.25) is 0 Å². The Balaban J connectivity index is 1.94. The van der Waals surface area contributed by atoms with Crippen molar-refractivity contribution in [1.29, 1.82) is 0 Å². The second-order valence-electron chi connectivity index (χ2n) is 4.76. The lowest BCUT2D eigenvalue weighted by molar-refractivity contribution is 0.287. The molecule has 1 fully saturated rings. The van der Waals surface area contributed by atoms with Crippen LogP contribution in [0.4, 0.5) is 0 Å². The first-order valence-electron chi connectivity index (χ1n) is 6.77. The van der Waals surface area contributed by atoms with Gasteiger partial charge in [0.2, 0.25) is 0 Å². The number of rotatable bonds is 8. The minimum absolute atomic E-state index is 0.355. The predicted octanol–water partition coefficient (Wildman–Crippen LogP) is 0.887. The van der Waals surface area contributed by atoms with Gasteiger partial charge in [-0.05, 0) is 32.5 Å². The zero-order valence-corrected chi connectivity index (χ0v) is 11.8. The Labute approximate surface area is 106 Å². The number of nitrogens with zero attached hydrogens (tertiary/aromatic N) is 1. The maximum Gasteiger partial charge on any atom is 0.152 e. The van der Waals surface area contributed by atoms with E-state index in [1.807, 2.05) is 0 Å². The molecule has 1 N–H and O–H groups in total. The molecule has 5 heteroatoms. The van der Waals surface area contributed by atoms with E-state index in [2.05, 4.69) is 17.1 Å². The standard InChI is InChI=1S/C12H26N2O2S/c1-2-13-7-5-3-4-6-8-14-9-11-17(15,16)12-10-14/h13H,2-12H2,1H3. The molecule has 0 radical (unpaired) electrons. The van der Waals surface area contributed by atoms with E-state index in [-0.39, 0.29) is 0 Å². The number of nitrogens with one attached hydrogen (secondary N) is 1. The Morgan fingerprint density at radius 2 is 1.71 bits per heavy atom. The molecule has 102 valence electrons. The van der Waals surface area contributed by atoms with Gasteiger partial charge in [0.05, 0.1) is 11.5 Å². The summed E-state index contributed by atoms with van der Waals surface area (Å²) < 4.78 is 22.5. The molecule has 0 unspecified atom stereocenters. The lowest BCUT2D eigenvalue weighted by Crippen LogP contribution is -2.40. The van der Waals surface area contributed by atoms with Crippen molar-refractivity contribution in [2.45, 2.75) is 32.6 Å². The van der Waals surface area contributed by atoms with Crippen LogP contribution in [0, 0.1) is 0 Å². The van der Waals surface area contributed by atoms with Crippen molar-refractivity contribution in [3.05, 3.63) is 0 Å². The Kier molecular flexibility index (Phi) is 7.08. The quantitative estimate of drug-likeness (QED) is 0.660. The smallest absolute Gasteiger partial charge is 0.152 e. The SMILES string of the molecule is CCNCCCCCCN1CCS(=O)(=O)CC1. The second-order valence-corrected chi connectivity index (χ2v) is 7.06. The van der Waals surface area contributed by atoms with Crippen LogP contribution >= 0.6 is 0 Å². The Hall–Kier alpha value is -0.130. The molecule has 0 saturated carbocycles. The second kappa shape index (κ2) is 8.06. The maximum atomic E-state index is 11.2. The lowest BCUT2D eigenvalue weighted by atomic mass is 10.2. The van der Waals surface area contributed by atoms with E-state index >= 15 is 0 Å². The lowest BCUT2D eigenvalue weighted by Gasteiger charge is -2.26. The molecular weight excluding hydrogens is 236 g/mol. The van der Waals surface area contributed by atoms with E-state index in [1.165, 1.54) is 25.7 Å². The molecule has 1 heterocycles. The van der Waals surface area contributed by atoms with Crippen LogP contribution < -0.4 is 5.32 Å². The first-order valence-corrected chi connectivity index (χ1v) is 8.59. The molecule has 0 aromatic carbocycles. The van der Waals surface area contributed by atoms with Gasteiger partial charge < -0.3 is 10.2 Å². The van der Waals surface area contributed by atoms with Gasteiger partial charge in [0.1, 0.15) is 0 Å². The third kappa shape index (κ3) is 7.01. The van der Waals surface area contributed by atoms with Gasteiger partial charge in [0.25, 0.3) is 0 Å². The summed E-state index contributed by atoms with van der Waals surface area (Å²) >= 11 is 0. The number of hydrogen-bond donors (Lipinski definition) is 1. The van der Waals surface area contributed by atoms with Gasteiger partial charge in [-0.15, -0.1) is 0 Å². The Bertz CT molecular complexity index is 277. The molecule has 0 aromatic heterocycles. The van der Waals surface area contributed by atoms with Gasteiger partial charge >= 0.3 is 0 Å². The number of hydrogen-bond acceptors (Lipinski definition) is 4. The molecule has 0 bridgehead atoms. The molecule has 0 aliphatic carbocycles. The highest BCUT2D eigenvalue weighted by atomic mass is 32.2. The van der Waals surface area contributed by atoms with Gasteiger partial charge in [-0.25, -0.2) is 8.42 Å². The third-order valence-corrected chi connectivity index (χ3v) is 4.87. The monoisotopic (exact) mass is 262 g/mol. The molecule has 1 rings (SSSR count). The summed E-state index contributed by atoms with van der Waals surface area (Å²) in [6.07, 6.45) is 4.99. The zero-order chi connectivity index (χ0) is 12.6. The fraction of sp³-hybridized carbons (Fsp3) is 1.00. The van der Waals surface area contributed by atoms with Crippen molar-refractivity contribution in [3.63, 3.8) is 0 Å². The summed E-state index contributed by atoms with van der Waals surface area (Å²) in [5.74, 6) is 0.709. The molecule has 0 spiro atoms. The van der Waals surface area contributed by atoms with E-state index < -0.39 is 9.84 Å². The molecule has 0 atom stereocenters. The molecule has 1 aliphatic heterocycles. The minimum atomic E-state index is -2.71. The van der Waals surface area contributed by atoms with Gasteiger partial charge in [-0.1, -0.05) is 19.8 Å². The maximum absolute atomic E-state index is 11.2. The average Bonchev–Trinajstić information content (AvgIpc) is 2.30. The van der Waals surface area contributed by atoms with Crippen molar-refractivity contribution in [2.24, 2.45) is 0 Å². The number of unbranched alkanes of at least 4 members (excludes halogenated alkanes) is 3.